The lowest BCUT2D eigenvalue weighted by Crippen LogP contribution is -2.12. The first kappa shape index (κ1) is 10.6. The highest BCUT2D eigenvalue weighted by Gasteiger charge is 2.12. The summed E-state index contributed by atoms with van der Waals surface area (Å²) in [6.07, 6.45) is 3.94. The molecule has 84 valence electrons. The molecule has 0 aromatic carbocycles. The van der Waals surface area contributed by atoms with Crippen molar-refractivity contribution in [3.63, 3.8) is 0 Å². The lowest BCUT2D eigenvalue weighted by molar-refractivity contribution is -0.141. The van der Waals surface area contributed by atoms with E-state index in [9.17, 15) is 4.79 Å². The first-order valence-electron chi connectivity index (χ1n) is 5.07. The zero-order valence-corrected chi connectivity index (χ0v) is 9.21. The van der Waals surface area contributed by atoms with E-state index >= 15 is 0 Å². The standard InChI is InChI=1S/C11H13N3O2/c1-7(11(15)16)3-8-4-9-6-13-14(2)10(9)12-5-8/h4-7H,3H2,1-2H3,(H,15,16). The predicted octanol–water partition coefficient (Wildman–Crippen LogP) is 1.23. The lowest BCUT2D eigenvalue weighted by Gasteiger charge is -2.05. The summed E-state index contributed by atoms with van der Waals surface area (Å²) in [5.74, 6) is -1.18. The van der Waals surface area contributed by atoms with E-state index in [1.165, 1.54) is 0 Å². The second-order valence-electron chi connectivity index (χ2n) is 3.97. The number of fused-ring (bicyclic) bond motifs is 1. The van der Waals surface area contributed by atoms with Gasteiger partial charge in [-0.3, -0.25) is 9.48 Å². The first-order chi connectivity index (χ1) is 7.58. The average molecular weight is 219 g/mol. The predicted molar refractivity (Wildman–Crippen MR) is 59.0 cm³/mol. The van der Waals surface area contributed by atoms with Crippen molar-refractivity contribution < 1.29 is 9.90 Å². The molecule has 0 radical (unpaired) electrons. The first-order valence-corrected chi connectivity index (χ1v) is 5.07. The number of hydrogen-bond donors (Lipinski definition) is 1. The fourth-order valence-electron chi connectivity index (χ4n) is 1.64. The van der Waals surface area contributed by atoms with E-state index in [1.807, 2.05) is 13.1 Å². The minimum atomic E-state index is -0.786. The Morgan fingerprint density at radius 1 is 1.56 bits per heavy atom. The van der Waals surface area contributed by atoms with Gasteiger partial charge in [-0.2, -0.15) is 5.10 Å². The monoisotopic (exact) mass is 219 g/mol. The zero-order valence-electron chi connectivity index (χ0n) is 9.21. The molecule has 0 spiro atoms. The van der Waals surface area contributed by atoms with Gasteiger partial charge in [0.05, 0.1) is 12.1 Å². The van der Waals surface area contributed by atoms with Gasteiger partial charge in [-0.1, -0.05) is 6.92 Å². The molecule has 0 saturated carbocycles. The Kier molecular flexibility index (Phi) is 2.60. The molecule has 16 heavy (non-hydrogen) atoms. The highest BCUT2D eigenvalue weighted by atomic mass is 16.4. The van der Waals surface area contributed by atoms with E-state index in [-0.39, 0.29) is 0 Å². The van der Waals surface area contributed by atoms with E-state index in [0.29, 0.717) is 6.42 Å². The van der Waals surface area contributed by atoms with Crippen LogP contribution in [0.15, 0.2) is 18.5 Å². The summed E-state index contributed by atoms with van der Waals surface area (Å²) in [4.78, 5) is 15.0. The molecule has 5 heteroatoms. The smallest absolute Gasteiger partial charge is 0.306 e. The molecular formula is C11H13N3O2. The molecule has 1 unspecified atom stereocenters. The fraction of sp³-hybridized carbons (Fsp3) is 0.364. The topological polar surface area (TPSA) is 68.0 Å². The number of aliphatic carboxylic acids is 1. The molecule has 2 aromatic rings. The van der Waals surface area contributed by atoms with Crippen LogP contribution in [0.1, 0.15) is 12.5 Å². The van der Waals surface area contributed by atoms with E-state index in [4.69, 9.17) is 5.11 Å². The van der Waals surface area contributed by atoms with Crippen LogP contribution >= 0.6 is 0 Å². The van der Waals surface area contributed by atoms with Crippen LogP contribution in [0.5, 0.6) is 0 Å². The van der Waals surface area contributed by atoms with Gasteiger partial charge in [-0.05, 0) is 18.1 Å². The maximum atomic E-state index is 10.7. The van der Waals surface area contributed by atoms with Crippen LogP contribution in [0, 0.1) is 5.92 Å². The van der Waals surface area contributed by atoms with Crippen LogP contribution in [0.2, 0.25) is 0 Å². The summed E-state index contributed by atoms with van der Waals surface area (Å²) >= 11 is 0. The van der Waals surface area contributed by atoms with Crippen molar-refractivity contribution in [3.8, 4) is 0 Å². The Balaban J connectivity index is 2.29. The van der Waals surface area contributed by atoms with Gasteiger partial charge < -0.3 is 5.11 Å². The van der Waals surface area contributed by atoms with Gasteiger partial charge >= 0.3 is 5.97 Å². The highest BCUT2D eigenvalue weighted by molar-refractivity contribution is 5.75. The molecule has 0 aliphatic heterocycles. The molecule has 1 N–H and O–H groups in total. The highest BCUT2D eigenvalue weighted by Crippen LogP contribution is 2.14. The molecular weight excluding hydrogens is 206 g/mol. The number of carbonyl (C=O) groups is 1. The van der Waals surface area contributed by atoms with E-state index in [1.54, 1.807) is 24.0 Å². The fourth-order valence-corrected chi connectivity index (χ4v) is 1.64. The van der Waals surface area contributed by atoms with E-state index in [0.717, 1.165) is 16.6 Å². The number of pyridine rings is 1. The van der Waals surface area contributed by atoms with Crippen LogP contribution in [-0.4, -0.2) is 25.8 Å². The second-order valence-corrected chi connectivity index (χ2v) is 3.97. The van der Waals surface area contributed by atoms with Crippen LogP contribution in [0.4, 0.5) is 0 Å². The summed E-state index contributed by atoms with van der Waals surface area (Å²) in [6.45, 7) is 1.69. The molecule has 0 fully saturated rings. The Bertz CT molecular complexity index is 533. The minimum absolute atomic E-state index is 0.393. The summed E-state index contributed by atoms with van der Waals surface area (Å²) in [6, 6.07) is 1.94. The van der Waals surface area contributed by atoms with Gasteiger partial charge in [-0.25, -0.2) is 4.98 Å². The Hall–Kier alpha value is -1.91. The van der Waals surface area contributed by atoms with Crippen molar-refractivity contribution in [1.29, 1.82) is 0 Å². The van der Waals surface area contributed by atoms with Crippen molar-refractivity contribution in [2.45, 2.75) is 13.3 Å². The second kappa shape index (κ2) is 3.92. The SMILES string of the molecule is CC(Cc1cnc2c(cnn2C)c1)C(=O)O. The van der Waals surface area contributed by atoms with Gasteiger partial charge in [-0.15, -0.1) is 0 Å². The Morgan fingerprint density at radius 3 is 3.00 bits per heavy atom. The van der Waals surface area contributed by atoms with Crippen LogP contribution in [0.3, 0.4) is 0 Å². The summed E-state index contributed by atoms with van der Waals surface area (Å²) < 4.78 is 1.69. The van der Waals surface area contributed by atoms with Gasteiger partial charge in [0.2, 0.25) is 0 Å². The molecule has 0 amide bonds. The molecule has 5 nitrogen and oxygen atoms in total. The number of aromatic nitrogens is 3. The normalized spacial score (nSPS) is 12.9. The number of carboxylic acid groups (broad SMARTS) is 1. The third-order valence-electron chi connectivity index (χ3n) is 2.59. The lowest BCUT2D eigenvalue weighted by atomic mass is 10.0. The summed E-state index contributed by atoms with van der Waals surface area (Å²) in [7, 11) is 1.83. The number of aryl methyl sites for hydroxylation is 1. The summed E-state index contributed by atoms with van der Waals surface area (Å²) in [5, 5.41) is 13.9. The molecule has 0 aliphatic carbocycles. The van der Waals surface area contributed by atoms with Crippen molar-refractivity contribution in [2.24, 2.45) is 13.0 Å². The number of rotatable bonds is 3. The number of carboxylic acids is 1. The molecule has 1 atom stereocenters. The maximum absolute atomic E-state index is 10.7. The number of nitrogens with zero attached hydrogens (tertiary/aromatic N) is 3. The van der Waals surface area contributed by atoms with Crippen LogP contribution in [-0.2, 0) is 18.3 Å². The molecule has 2 rings (SSSR count). The maximum Gasteiger partial charge on any atom is 0.306 e. The van der Waals surface area contributed by atoms with Gasteiger partial charge in [0.15, 0.2) is 5.65 Å². The van der Waals surface area contributed by atoms with Crippen molar-refractivity contribution in [1.82, 2.24) is 14.8 Å². The number of hydrogen-bond acceptors (Lipinski definition) is 3. The zero-order chi connectivity index (χ0) is 11.7. The molecule has 0 saturated heterocycles. The largest absolute Gasteiger partial charge is 0.481 e. The van der Waals surface area contributed by atoms with Crippen molar-refractivity contribution >= 4 is 17.0 Å². The van der Waals surface area contributed by atoms with Crippen LogP contribution < -0.4 is 0 Å². The molecule has 0 bridgehead atoms. The van der Waals surface area contributed by atoms with Gasteiger partial charge in [0.1, 0.15) is 0 Å². The van der Waals surface area contributed by atoms with Crippen LogP contribution in [0.25, 0.3) is 11.0 Å². The van der Waals surface area contributed by atoms with Crippen molar-refractivity contribution in [3.05, 3.63) is 24.0 Å². The minimum Gasteiger partial charge on any atom is -0.481 e. The molecule has 0 aliphatic rings. The molecule has 2 heterocycles. The van der Waals surface area contributed by atoms with Gasteiger partial charge in [0, 0.05) is 18.6 Å². The third-order valence-corrected chi connectivity index (χ3v) is 2.59. The third kappa shape index (κ3) is 1.88. The average Bonchev–Trinajstić information content (AvgIpc) is 2.60. The quantitative estimate of drug-likeness (QED) is 0.843. The van der Waals surface area contributed by atoms with E-state index in [2.05, 4.69) is 10.1 Å². The molecule has 2 aromatic heterocycles. The van der Waals surface area contributed by atoms with Crippen molar-refractivity contribution in [2.75, 3.05) is 0 Å². The Labute approximate surface area is 92.7 Å². The summed E-state index contributed by atoms with van der Waals surface area (Å²) in [5.41, 5.74) is 1.74. The Morgan fingerprint density at radius 2 is 2.31 bits per heavy atom. The van der Waals surface area contributed by atoms with Gasteiger partial charge in [0.25, 0.3) is 0 Å². The van der Waals surface area contributed by atoms with E-state index < -0.39 is 11.9 Å².